The highest BCUT2D eigenvalue weighted by Gasteiger charge is 2.25. The Balaban J connectivity index is 1.61. The van der Waals surface area contributed by atoms with E-state index in [9.17, 15) is 4.79 Å². The number of nitrogens with one attached hydrogen (secondary N) is 1. The summed E-state index contributed by atoms with van der Waals surface area (Å²) in [6.45, 7) is 7.27. The molecule has 7 nitrogen and oxygen atoms in total. The summed E-state index contributed by atoms with van der Waals surface area (Å²) in [5, 5.41) is 6.77. The fourth-order valence-electron chi connectivity index (χ4n) is 2.86. The fraction of sp³-hybridized carbons (Fsp3) is 0.529. The van der Waals surface area contributed by atoms with Crippen molar-refractivity contribution in [3.8, 4) is 0 Å². The van der Waals surface area contributed by atoms with Gasteiger partial charge in [0.25, 0.3) is 0 Å². The first-order valence-corrected chi connectivity index (χ1v) is 8.19. The van der Waals surface area contributed by atoms with E-state index in [1.54, 1.807) is 6.07 Å². The number of ether oxygens (including phenoxy) is 1. The van der Waals surface area contributed by atoms with E-state index < -0.39 is 0 Å². The van der Waals surface area contributed by atoms with E-state index in [1.165, 1.54) is 0 Å². The van der Waals surface area contributed by atoms with Gasteiger partial charge >= 0.3 is 0 Å². The molecule has 0 unspecified atom stereocenters. The quantitative estimate of drug-likeness (QED) is 0.865. The highest BCUT2D eigenvalue weighted by atomic mass is 16.5. The number of nitrogens with zero attached hydrogens (tertiary/aromatic N) is 2. The molecule has 0 radical (unpaired) electrons. The number of hydrogen-bond acceptors (Lipinski definition) is 6. The third-order valence-electron chi connectivity index (χ3n) is 4.08. The molecule has 1 atom stereocenters. The van der Waals surface area contributed by atoms with Crippen molar-refractivity contribution in [2.75, 3.05) is 32.8 Å². The topological polar surface area (TPSA) is 80.7 Å². The summed E-state index contributed by atoms with van der Waals surface area (Å²) in [6, 6.07) is 5.70. The second-order valence-electron chi connectivity index (χ2n) is 6.03. The zero-order valence-electron chi connectivity index (χ0n) is 14.1. The summed E-state index contributed by atoms with van der Waals surface area (Å²) < 4.78 is 16.3. The molecule has 2 aromatic rings. The summed E-state index contributed by atoms with van der Waals surface area (Å²) in [5.74, 6) is 2.21. The van der Waals surface area contributed by atoms with Crippen molar-refractivity contribution in [2.45, 2.75) is 26.3 Å². The molecule has 1 aliphatic rings. The van der Waals surface area contributed by atoms with Crippen LogP contribution in [0, 0.1) is 13.8 Å². The van der Waals surface area contributed by atoms with Gasteiger partial charge in [0.05, 0.1) is 31.4 Å². The summed E-state index contributed by atoms with van der Waals surface area (Å²) >= 11 is 0. The minimum atomic E-state index is -0.0901. The summed E-state index contributed by atoms with van der Waals surface area (Å²) in [5.41, 5.74) is 0.773. The number of morpholine rings is 1. The highest BCUT2D eigenvalue weighted by molar-refractivity contribution is 5.77. The van der Waals surface area contributed by atoms with Crippen LogP contribution in [0.3, 0.4) is 0 Å². The Morgan fingerprint density at radius 2 is 2.12 bits per heavy atom. The van der Waals surface area contributed by atoms with Crippen LogP contribution in [0.25, 0.3) is 0 Å². The molecule has 0 bridgehead atoms. The maximum atomic E-state index is 12.2. The minimum absolute atomic E-state index is 0.00279. The fourth-order valence-corrected chi connectivity index (χ4v) is 2.86. The predicted octanol–water partition coefficient (Wildman–Crippen LogP) is 1.62. The molecule has 1 N–H and O–H groups in total. The molecular weight excluding hydrogens is 310 g/mol. The molecule has 0 aromatic carbocycles. The van der Waals surface area contributed by atoms with E-state index in [-0.39, 0.29) is 18.4 Å². The van der Waals surface area contributed by atoms with E-state index in [1.807, 2.05) is 26.0 Å². The van der Waals surface area contributed by atoms with Gasteiger partial charge in [-0.05, 0) is 26.0 Å². The Bertz CT molecular complexity index is 673. The molecule has 0 aliphatic carbocycles. The molecule has 3 rings (SSSR count). The Hall–Kier alpha value is -2.12. The number of aryl methyl sites for hydroxylation is 2. The van der Waals surface area contributed by atoms with Crippen LogP contribution in [0.1, 0.15) is 29.0 Å². The van der Waals surface area contributed by atoms with Gasteiger partial charge in [0.15, 0.2) is 0 Å². The third-order valence-corrected chi connectivity index (χ3v) is 4.08. The molecule has 2 aromatic heterocycles. The van der Waals surface area contributed by atoms with Crippen LogP contribution < -0.4 is 5.32 Å². The minimum Gasteiger partial charge on any atom is -0.465 e. The maximum Gasteiger partial charge on any atom is 0.227 e. The van der Waals surface area contributed by atoms with Crippen LogP contribution in [0.15, 0.2) is 27.1 Å². The summed E-state index contributed by atoms with van der Waals surface area (Å²) in [7, 11) is 0. The number of rotatable bonds is 6. The van der Waals surface area contributed by atoms with Crippen LogP contribution in [0.4, 0.5) is 0 Å². The largest absolute Gasteiger partial charge is 0.465 e. The third kappa shape index (κ3) is 4.24. The zero-order valence-corrected chi connectivity index (χ0v) is 14.1. The SMILES string of the molecule is Cc1cc(CC(=O)NC[C@@H](c2ccc(C)o2)N2CCOCC2)on1. The number of amides is 1. The van der Waals surface area contributed by atoms with Crippen molar-refractivity contribution in [3.63, 3.8) is 0 Å². The first-order chi connectivity index (χ1) is 11.6. The van der Waals surface area contributed by atoms with Crippen molar-refractivity contribution in [1.82, 2.24) is 15.4 Å². The average molecular weight is 333 g/mol. The van der Waals surface area contributed by atoms with E-state index in [0.29, 0.717) is 25.5 Å². The average Bonchev–Trinajstić information content (AvgIpc) is 3.17. The summed E-state index contributed by atoms with van der Waals surface area (Å²) in [4.78, 5) is 14.5. The molecule has 3 heterocycles. The van der Waals surface area contributed by atoms with Crippen molar-refractivity contribution in [2.24, 2.45) is 0 Å². The maximum absolute atomic E-state index is 12.2. The number of furan rings is 1. The predicted molar refractivity (Wildman–Crippen MR) is 86.5 cm³/mol. The lowest BCUT2D eigenvalue weighted by Crippen LogP contribution is -2.43. The van der Waals surface area contributed by atoms with Gasteiger partial charge in [0.1, 0.15) is 17.3 Å². The van der Waals surface area contributed by atoms with E-state index in [0.717, 1.165) is 30.3 Å². The van der Waals surface area contributed by atoms with Crippen LogP contribution in [-0.2, 0) is 16.0 Å². The Kier molecular flexibility index (Phi) is 5.32. The number of hydrogen-bond donors (Lipinski definition) is 1. The Morgan fingerprint density at radius 3 is 2.75 bits per heavy atom. The molecule has 7 heteroatoms. The Morgan fingerprint density at radius 1 is 1.33 bits per heavy atom. The lowest BCUT2D eigenvalue weighted by Gasteiger charge is -2.33. The van der Waals surface area contributed by atoms with E-state index in [2.05, 4.69) is 15.4 Å². The van der Waals surface area contributed by atoms with Gasteiger partial charge in [-0.15, -0.1) is 0 Å². The molecule has 0 spiro atoms. The molecule has 24 heavy (non-hydrogen) atoms. The van der Waals surface area contributed by atoms with Crippen molar-refractivity contribution in [1.29, 1.82) is 0 Å². The lowest BCUT2D eigenvalue weighted by atomic mass is 10.1. The normalized spacial score (nSPS) is 16.9. The van der Waals surface area contributed by atoms with Crippen molar-refractivity contribution >= 4 is 5.91 Å². The second-order valence-corrected chi connectivity index (χ2v) is 6.03. The standard InChI is InChI=1S/C17H23N3O4/c1-12-9-14(24-19-12)10-17(21)18-11-15(16-4-3-13(2)23-16)20-5-7-22-8-6-20/h3-4,9,15H,5-8,10-11H2,1-2H3,(H,18,21)/t15-/m0/s1. The number of carbonyl (C=O) groups excluding carboxylic acids is 1. The zero-order chi connectivity index (χ0) is 16.9. The van der Waals surface area contributed by atoms with E-state index >= 15 is 0 Å². The molecule has 0 saturated carbocycles. The number of carbonyl (C=O) groups is 1. The first-order valence-electron chi connectivity index (χ1n) is 8.19. The van der Waals surface area contributed by atoms with Gasteiger partial charge in [0.2, 0.25) is 5.91 Å². The molecule has 1 fully saturated rings. The van der Waals surface area contributed by atoms with Crippen LogP contribution in [0.5, 0.6) is 0 Å². The van der Waals surface area contributed by atoms with Gasteiger partial charge in [-0.2, -0.15) is 0 Å². The first kappa shape index (κ1) is 16.7. The molecular formula is C17H23N3O4. The smallest absolute Gasteiger partial charge is 0.227 e. The van der Waals surface area contributed by atoms with Gasteiger partial charge < -0.3 is 19.0 Å². The Labute approximate surface area is 140 Å². The molecule has 1 saturated heterocycles. The van der Waals surface area contributed by atoms with Crippen LogP contribution >= 0.6 is 0 Å². The summed E-state index contributed by atoms with van der Waals surface area (Å²) in [6.07, 6.45) is 0.188. The number of aromatic nitrogens is 1. The molecule has 1 amide bonds. The van der Waals surface area contributed by atoms with Gasteiger partial charge in [-0.3, -0.25) is 9.69 Å². The second kappa shape index (κ2) is 7.63. The molecule has 1 aliphatic heterocycles. The van der Waals surface area contributed by atoms with E-state index in [4.69, 9.17) is 13.7 Å². The lowest BCUT2D eigenvalue weighted by molar-refractivity contribution is -0.121. The van der Waals surface area contributed by atoms with Crippen LogP contribution in [0.2, 0.25) is 0 Å². The molecule has 130 valence electrons. The monoisotopic (exact) mass is 333 g/mol. The van der Waals surface area contributed by atoms with Gasteiger partial charge in [-0.1, -0.05) is 5.16 Å². The van der Waals surface area contributed by atoms with Crippen molar-refractivity contribution in [3.05, 3.63) is 41.2 Å². The van der Waals surface area contributed by atoms with Crippen molar-refractivity contribution < 1.29 is 18.5 Å². The van der Waals surface area contributed by atoms with Crippen LogP contribution in [-0.4, -0.2) is 48.8 Å². The van der Waals surface area contributed by atoms with Gasteiger partial charge in [-0.25, -0.2) is 0 Å². The van der Waals surface area contributed by atoms with Gasteiger partial charge in [0, 0.05) is 25.7 Å². The highest BCUT2D eigenvalue weighted by Crippen LogP contribution is 2.23.